The average Bonchev–Trinajstić information content (AvgIpc) is 2.90. The summed E-state index contributed by atoms with van der Waals surface area (Å²) in [6, 6.07) is 7.08. The highest BCUT2D eigenvalue weighted by molar-refractivity contribution is 7.03. The number of anilines is 1. The molecule has 20 heavy (non-hydrogen) atoms. The molecule has 104 valence electrons. The molecule has 7 nitrogen and oxygen atoms in total. The minimum atomic E-state index is -0.592. The molecule has 2 amide bonds. The number of rotatable bonds is 5. The molecule has 0 atom stereocenters. The van der Waals surface area contributed by atoms with Crippen molar-refractivity contribution in [2.24, 2.45) is 5.73 Å². The Morgan fingerprint density at radius 2 is 2.15 bits per heavy atom. The molecule has 0 fully saturated rings. The molecule has 1 aromatic carbocycles. The van der Waals surface area contributed by atoms with Crippen molar-refractivity contribution in [1.82, 2.24) is 14.5 Å². The van der Waals surface area contributed by atoms with E-state index in [1.165, 1.54) is 10.3 Å². The number of benzene rings is 1. The summed E-state index contributed by atoms with van der Waals surface area (Å²) in [5, 5.41) is 5.23. The van der Waals surface area contributed by atoms with Gasteiger partial charge in [0.25, 0.3) is 5.91 Å². The number of carbonyl (C=O) groups excluding carboxylic acids is 2. The summed E-state index contributed by atoms with van der Waals surface area (Å²) in [4.78, 5) is 24.6. The maximum atomic E-state index is 12.2. The Labute approximate surface area is 119 Å². The number of nitrogens with zero attached hydrogens (tertiary/aromatic N) is 3. The van der Waals surface area contributed by atoms with Crippen LogP contribution in [0.1, 0.15) is 16.1 Å². The fourth-order valence-corrected chi connectivity index (χ4v) is 2.15. The van der Waals surface area contributed by atoms with Gasteiger partial charge in [0.1, 0.15) is 6.54 Å². The number of aromatic nitrogens is 2. The third kappa shape index (κ3) is 3.51. The number of amides is 2. The lowest BCUT2D eigenvalue weighted by atomic mass is 10.2. The molecular weight excluding hydrogens is 278 g/mol. The van der Waals surface area contributed by atoms with Crippen molar-refractivity contribution in [1.29, 1.82) is 0 Å². The number of nitrogens with two attached hydrogens (primary N) is 2. The van der Waals surface area contributed by atoms with E-state index in [9.17, 15) is 9.59 Å². The van der Waals surface area contributed by atoms with Crippen LogP contribution in [-0.2, 0) is 11.3 Å². The molecule has 0 saturated carbocycles. The van der Waals surface area contributed by atoms with Gasteiger partial charge in [0.15, 0.2) is 5.69 Å². The lowest BCUT2D eigenvalue weighted by Crippen LogP contribution is -2.38. The maximum absolute atomic E-state index is 12.2. The van der Waals surface area contributed by atoms with E-state index in [0.29, 0.717) is 5.69 Å². The van der Waals surface area contributed by atoms with Gasteiger partial charge in [-0.1, -0.05) is 16.6 Å². The molecule has 2 aromatic rings. The summed E-state index contributed by atoms with van der Waals surface area (Å²) in [6.07, 6.45) is 0. The van der Waals surface area contributed by atoms with Gasteiger partial charge >= 0.3 is 0 Å². The molecule has 1 aromatic heterocycles. The van der Waals surface area contributed by atoms with E-state index in [-0.39, 0.29) is 24.7 Å². The number of primary amides is 1. The molecule has 0 bridgehead atoms. The fourth-order valence-electron chi connectivity index (χ4n) is 1.72. The Kier molecular flexibility index (Phi) is 4.26. The van der Waals surface area contributed by atoms with Crippen LogP contribution in [0.4, 0.5) is 5.69 Å². The van der Waals surface area contributed by atoms with Crippen molar-refractivity contribution < 1.29 is 9.59 Å². The third-order valence-electron chi connectivity index (χ3n) is 2.54. The van der Waals surface area contributed by atoms with Crippen LogP contribution in [0.3, 0.4) is 0 Å². The minimum Gasteiger partial charge on any atom is -0.399 e. The van der Waals surface area contributed by atoms with Crippen molar-refractivity contribution in [2.45, 2.75) is 6.54 Å². The van der Waals surface area contributed by atoms with Gasteiger partial charge < -0.3 is 16.4 Å². The molecule has 0 aliphatic heterocycles. The van der Waals surface area contributed by atoms with Gasteiger partial charge in [-0.25, -0.2) is 0 Å². The van der Waals surface area contributed by atoms with E-state index in [0.717, 1.165) is 17.1 Å². The zero-order chi connectivity index (χ0) is 14.5. The van der Waals surface area contributed by atoms with Gasteiger partial charge in [0.05, 0.1) is 0 Å². The minimum absolute atomic E-state index is 0.189. The highest BCUT2D eigenvalue weighted by atomic mass is 32.1. The largest absolute Gasteiger partial charge is 0.399 e. The predicted octanol–water partition coefficient (Wildman–Crippen LogP) is 0.248. The van der Waals surface area contributed by atoms with Gasteiger partial charge in [-0.15, -0.1) is 5.10 Å². The number of nitrogen functional groups attached to an aromatic ring is 1. The van der Waals surface area contributed by atoms with Crippen LogP contribution in [0.25, 0.3) is 0 Å². The SMILES string of the molecule is NC(=O)CN(Cc1cccc(N)c1)C(=O)c1csnn1. The Balaban J connectivity index is 2.19. The molecule has 0 saturated heterocycles. The van der Waals surface area contributed by atoms with E-state index in [4.69, 9.17) is 11.5 Å². The highest BCUT2D eigenvalue weighted by Crippen LogP contribution is 2.12. The zero-order valence-electron chi connectivity index (χ0n) is 10.5. The number of hydrogen-bond acceptors (Lipinski definition) is 6. The van der Waals surface area contributed by atoms with Gasteiger partial charge in [-0.05, 0) is 29.2 Å². The molecule has 2 rings (SSSR count). The average molecular weight is 291 g/mol. The Hall–Kier alpha value is -2.48. The van der Waals surface area contributed by atoms with Crippen LogP contribution in [0.2, 0.25) is 0 Å². The molecule has 4 N–H and O–H groups in total. The first kappa shape index (κ1) is 13.9. The third-order valence-corrected chi connectivity index (χ3v) is 3.04. The van der Waals surface area contributed by atoms with Crippen LogP contribution >= 0.6 is 11.5 Å². The summed E-state index contributed by atoms with van der Waals surface area (Å²) >= 11 is 1.07. The molecular formula is C12H13N5O2S. The molecule has 0 aliphatic rings. The quantitative estimate of drug-likeness (QED) is 0.766. The number of hydrogen-bond donors (Lipinski definition) is 2. The van der Waals surface area contributed by atoms with E-state index in [2.05, 4.69) is 9.59 Å². The summed E-state index contributed by atoms with van der Waals surface area (Å²) in [5.74, 6) is -0.981. The van der Waals surface area contributed by atoms with Crippen LogP contribution in [0, 0.1) is 0 Å². The first-order valence-corrected chi connectivity index (χ1v) is 6.59. The Bertz CT molecular complexity index is 614. The van der Waals surface area contributed by atoms with Gasteiger partial charge in [-0.2, -0.15) is 0 Å². The summed E-state index contributed by atoms with van der Waals surface area (Å²) < 4.78 is 3.63. The fraction of sp³-hybridized carbons (Fsp3) is 0.167. The summed E-state index contributed by atoms with van der Waals surface area (Å²) in [5.41, 5.74) is 12.5. The van der Waals surface area contributed by atoms with Crippen molar-refractivity contribution in [3.05, 3.63) is 40.9 Å². The topological polar surface area (TPSA) is 115 Å². The van der Waals surface area contributed by atoms with E-state index in [1.807, 2.05) is 6.07 Å². The second-order valence-corrected chi connectivity index (χ2v) is 4.77. The molecule has 0 radical (unpaired) electrons. The first-order chi connectivity index (χ1) is 9.56. The monoisotopic (exact) mass is 291 g/mol. The normalized spacial score (nSPS) is 10.2. The van der Waals surface area contributed by atoms with Crippen LogP contribution < -0.4 is 11.5 Å². The van der Waals surface area contributed by atoms with Crippen molar-refractivity contribution in [3.8, 4) is 0 Å². The predicted molar refractivity (Wildman–Crippen MR) is 74.7 cm³/mol. The first-order valence-electron chi connectivity index (χ1n) is 5.75. The van der Waals surface area contributed by atoms with Gasteiger partial charge in [-0.3, -0.25) is 9.59 Å². The van der Waals surface area contributed by atoms with Crippen molar-refractivity contribution in [2.75, 3.05) is 12.3 Å². The lowest BCUT2D eigenvalue weighted by molar-refractivity contribution is -0.118. The van der Waals surface area contributed by atoms with Crippen LogP contribution in [-0.4, -0.2) is 32.8 Å². The second-order valence-electron chi connectivity index (χ2n) is 4.16. The van der Waals surface area contributed by atoms with E-state index in [1.54, 1.807) is 18.2 Å². The van der Waals surface area contributed by atoms with Crippen molar-refractivity contribution >= 4 is 29.0 Å². The highest BCUT2D eigenvalue weighted by Gasteiger charge is 2.20. The van der Waals surface area contributed by atoms with Crippen LogP contribution in [0.15, 0.2) is 29.6 Å². The molecule has 0 aliphatic carbocycles. The molecule has 1 heterocycles. The Morgan fingerprint density at radius 1 is 1.35 bits per heavy atom. The second kappa shape index (κ2) is 6.11. The van der Waals surface area contributed by atoms with Gasteiger partial charge in [0, 0.05) is 17.6 Å². The summed E-state index contributed by atoms with van der Waals surface area (Å²) in [7, 11) is 0. The lowest BCUT2D eigenvalue weighted by Gasteiger charge is -2.20. The van der Waals surface area contributed by atoms with Crippen molar-refractivity contribution in [3.63, 3.8) is 0 Å². The van der Waals surface area contributed by atoms with E-state index >= 15 is 0 Å². The van der Waals surface area contributed by atoms with Crippen LogP contribution in [0.5, 0.6) is 0 Å². The molecule has 0 unspecified atom stereocenters. The number of carbonyl (C=O) groups is 2. The van der Waals surface area contributed by atoms with E-state index < -0.39 is 5.91 Å². The summed E-state index contributed by atoms with van der Waals surface area (Å²) in [6.45, 7) is 0.0372. The standard InChI is InChI=1S/C12H13N5O2S/c13-9-3-1-2-8(4-9)5-17(6-11(14)18)12(19)10-7-20-16-15-10/h1-4,7H,5-6,13H2,(H2,14,18). The maximum Gasteiger partial charge on any atom is 0.276 e. The molecule has 8 heteroatoms. The molecule has 0 spiro atoms. The smallest absolute Gasteiger partial charge is 0.276 e. The van der Waals surface area contributed by atoms with Gasteiger partial charge in [0.2, 0.25) is 5.91 Å². The Morgan fingerprint density at radius 3 is 2.75 bits per heavy atom. The zero-order valence-corrected chi connectivity index (χ0v) is 11.3.